The molecule has 0 spiro atoms. The lowest BCUT2D eigenvalue weighted by molar-refractivity contribution is -0.143. The summed E-state index contributed by atoms with van der Waals surface area (Å²) in [6.07, 6.45) is 88.3. The Bertz CT molecular complexity index is 1250. The van der Waals surface area contributed by atoms with Crippen LogP contribution < -0.4 is 5.32 Å². The van der Waals surface area contributed by atoms with E-state index >= 15 is 0 Å². The summed E-state index contributed by atoms with van der Waals surface area (Å²) in [7, 11) is 0. The number of aliphatic hydroxyl groups excluding tert-OH is 2. The molecule has 0 aromatic rings. The van der Waals surface area contributed by atoms with E-state index in [2.05, 4.69) is 43.5 Å². The van der Waals surface area contributed by atoms with Gasteiger partial charge in [0, 0.05) is 12.8 Å². The van der Waals surface area contributed by atoms with Gasteiger partial charge >= 0.3 is 5.97 Å². The number of rotatable bonds is 69. The molecule has 0 heterocycles. The van der Waals surface area contributed by atoms with Crippen LogP contribution in [0.15, 0.2) is 24.3 Å². The Morgan fingerprint density at radius 2 is 0.588 bits per heavy atom. The number of nitrogens with one attached hydrogen (secondary N) is 1. The van der Waals surface area contributed by atoms with Crippen LogP contribution in [-0.4, -0.2) is 47.4 Å². The summed E-state index contributed by atoms with van der Waals surface area (Å²) in [5, 5.41) is 23.3. The largest absolute Gasteiger partial charge is 0.466 e. The summed E-state index contributed by atoms with van der Waals surface area (Å²) in [5.74, 6) is -0.0161. The first-order valence-corrected chi connectivity index (χ1v) is 36.6. The second-order valence-electron chi connectivity index (χ2n) is 25.3. The van der Waals surface area contributed by atoms with Crippen LogP contribution in [0.4, 0.5) is 0 Å². The van der Waals surface area contributed by atoms with Crippen LogP contribution in [0.3, 0.4) is 0 Å². The van der Waals surface area contributed by atoms with Crippen molar-refractivity contribution in [2.24, 2.45) is 0 Å². The van der Waals surface area contributed by atoms with Crippen LogP contribution in [0, 0.1) is 0 Å². The van der Waals surface area contributed by atoms with Crippen molar-refractivity contribution in [3.63, 3.8) is 0 Å². The Labute approximate surface area is 501 Å². The summed E-state index contributed by atoms with van der Waals surface area (Å²) in [5.41, 5.74) is 0. The van der Waals surface area contributed by atoms with E-state index in [4.69, 9.17) is 4.74 Å². The molecule has 3 N–H and O–H groups in total. The predicted molar refractivity (Wildman–Crippen MR) is 352 cm³/mol. The molecule has 0 aliphatic heterocycles. The highest BCUT2D eigenvalue weighted by molar-refractivity contribution is 5.76. The van der Waals surface area contributed by atoms with E-state index in [1.165, 1.54) is 334 Å². The zero-order valence-corrected chi connectivity index (χ0v) is 54.3. The molecule has 0 bridgehead atoms. The highest BCUT2D eigenvalue weighted by Gasteiger charge is 2.20. The Morgan fingerprint density at radius 1 is 0.338 bits per heavy atom. The van der Waals surface area contributed by atoms with Gasteiger partial charge < -0.3 is 20.3 Å². The van der Waals surface area contributed by atoms with Gasteiger partial charge in [-0.15, -0.1) is 0 Å². The molecule has 0 aromatic heterocycles. The molecule has 0 rings (SSSR count). The number of allylic oxidation sites excluding steroid dienone is 4. The summed E-state index contributed by atoms with van der Waals surface area (Å²) in [4.78, 5) is 24.5. The van der Waals surface area contributed by atoms with E-state index < -0.39 is 12.1 Å². The SMILES string of the molecule is CCCCCC/C=C\CCCCCCCC(=O)OCCCCCCCCCCCCCCCCCC/C=C\CCCCCCCCCCCCCCCCCCCC(=O)NC(CO)C(O)CCCCCCCCCCCCCCC. The minimum atomic E-state index is -0.660. The number of unbranched alkanes of at least 4 members (excludes halogenated alkanes) is 54. The molecule has 0 aromatic carbocycles. The molecule has 0 aliphatic carbocycles. The minimum Gasteiger partial charge on any atom is -0.466 e. The summed E-state index contributed by atoms with van der Waals surface area (Å²) in [6, 6.07) is -0.537. The highest BCUT2D eigenvalue weighted by atomic mass is 16.5. The molecule has 6 heteroatoms. The zero-order chi connectivity index (χ0) is 57.8. The monoisotopic (exact) mass is 1130 g/mol. The van der Waals surface area contributed by atoms with Crippen LogP contribution in [0.2, 0.25) is 0 Å². The first-order chi connectivity index (χ1) is 39.5. The van der Waals surface area contributed by atoms with Crippen molar-refractivity contribution in [3.05, 3.63) is 24.3 Å². The summed E-state index contributed by atoms with van der Waals surface area (Å²) in [6.45, 7) is 4.97. The van der Waals surface area contributed by atoms with Crippen LogP contribution >= 0.6 is 0 Å². The summed E-state index contributed by atoms with van der Waals surface area (Å²) >= 11 is 0. The molecule has 0 radical (unpaired) electrons. The maximum atomic E-state index is 12.5. The Hall–Kier alpha value is -1.66. The van der Waals surface area contributed by atoms with Crippen molar-refractivity contribution in [1.82, 2.24) is 5.32 Å². The fourth-order valence-electron chi connectivity index (χ4n) is 11.6. The number of amides is 1. The topological polar surface area (TPSA) is 95.9 Å². The lowest BCUT2D eigenvalue weighted by atomic mass is 10.0. The first-order valence-electron chi connectivity index (χ1n) is 36.6. The van der Waals surface area contributed by atoms with Gasteiger partial charge in [0.05, 0.1) is 25.4 Å². The molecule has 2 unspecified atom stereocenters. The molecule has 1 amide bonds. The molecule has 0 aliphatic rings. The molecule has 6 nitrogen and oxygen atoms in total. The van der Waals surface area contributed by atoms with Crippen LogP contribution in [0.1, 0.15) is 412 Å². The number of carbonyl (C=O) groups excluding carboxylic acids is 2. The van der Waals surface area contributed by atoms with Crippen LogP contribution in [0.5, 0.6) is 0 Å². The van der Waals surface area contributed by atoms with Gasteiger partial charge in [0.25, 0.3) is 0 Å². The number of aliphatic hydroxyl groups is 2. The van der Waals surface area contributed by atoms with E-state index in [1.54, 1.807) is 0 Å². The quantitative estimate of drug-likeness (QED) is 0.0320. The van der Waals surface area contributed by atoms with Crippen molar-refractivity contribution in [1.29, 1.82) is 0 Å². The van der Waals surface area contributed by atoms with Gasteiger partial charge in [-0.2, -0.15) is 0 Å². The zero-order valence-electron chi connectivity index (χ0n) is 54.3. The molecule has 474 valence electrons. The number of ether oxygens (including phenoxy) is 1. The van der Waals surface area contributed by atoms with Gasteiger partial charge in [0.15, 0.2) is 0 Å². The number of hydrogen-bond donors (Lipinski definition) is 3. The maximum absolute atomic E-state index is 12.5. The van der Waals surface area contributed by atoms with Crippen molar-refractivity contribution in [2.45, 2.75) is 424 Å². The summed E-state index contributed by atoms with van der Waals surface area (Å²) < 4.78 is 5.48. The maximum Gasteiger partial charge on any atom is 0.305 e. The van der Waals surface area contributed by atoms with Gasteiger partial charge in [-0.3, -0.25) is 9.59 Å². The lowest BCUT2D eigenvalue weighted by Crippen LogP contribution is -2.45. The smallest absolute Gasteiger partial charge is 0.305 e. The van der Waals surface area contributed by atoms with Gasteiger partial charge in [-0.1, -0.05) is 346 Å². The minimum absolute atomic E-state index is 0.0127. The Balaban J connectivity index is 3.31. The second-order valence-corrected chi connectivity index (χ2v) is 25.3. The number of esters is 1. The van der Waals surface area contributed by atoms with Crippen LogP contribution in [0.25, 0.3) is 0 Å². The van der Waals surface area contributed by atoms with Crippen molar-refractivity contribution in [2.75, 3.05) is 13.2 Å². The third-order valence-electron chi connectivity index (χ3n) is 17.2. The van der Waals surface area contributed by atoms with Gasteiger partial charge in [0.2, 0.25) is 5.91 Å². The molecular weight excluding hydrogens is 983 g/mol. The molecular formula is C74H143NO5. The fraction of sp³-hybridized carbons (Fsp3) is 0.919. The lowest BCUT2D eigenvalue weighted by Gasteiger charge is -2.22. The Morgan fingerprint density at radius 3 is 0.900 bits per heavy atom. The van der Waals surface area contributed by atoms with Crippen molar-refractivity contribution < 1.29 is 24.5 Å². The molecule has 0 saturated heterocycles. The van der Waals surface area contributed by atoms with Gasteiger partial charge in [0.1, 0.15) is 0 Å². The molecule has 80 heavy (non-hydrogen) atoms. The van der Waals surface area contributed by atoms with Gasteiger partial charge in [-0.05, 0) is 77.0 Å². The standard InChI is InChI=1S/C74H143NO5/c1-3-5-7-9-11-13-15-42-46-50-54-58-62-66-72(77)71(70-76)75-73(78)67-63-59-55-51-47-44-40-38-36-34-32-30-28-26-24-22-20-18-17-19-21-23-25-27-29-31-33-35-37-39-41-45-49-53-57-61-65-69-80-74(79)68-64-60-56-52-48-43-16-14-12-10-8-6-4-2/h14,16-17,19,71-72,76-77H,3-13,15,18,20-70H2,1-2H3,(H,75,78)/b16-14-,19-17-. The third kappa shape index (κ3) is 65.5. The third-order valence-corrected chi connectivity index (χ3v) is 17.2. The molecule has 0 saturated carbocycles. The average Bonchev–Trinajstić information content (AvgIpc) is 3.46. The van der Waals surface area contributed by atoms with E-state index in [0.717, 1.165) is 44.9 Å². The highest BCUT2D eigenvalue weighted by Crippen LogP contribution is 2.19. The normalized spacial score (nSPS) is 12.6. The Kier molecular flexibility index (Phi) is 68.4. The molecule has 0 fully saturated rings. The fourth-order valence-corrected chi connectivity index (χ4v) is 11.6. The average molecular weight is 1130 g/mol. The molecule has 2 atom stereocenters. The van der Waals surface area contributed by atoms with Crippen molar-refractivity contribution >= 4 is 11.9 Å². The second kappa shape index (κ2) is 69.8. The van der Waals surface area contributed by atoms with E-state index in [-0.39, 0.29) is 18.5 Å². The van der Waals surface area contributed by atoms with Crippen molar-refractivity contribution in [3.8, 4) is 0 Å². The van der Waals surface area contributed by atoms with Gasteiger partial charge in [-0.25, -0.2) is 0 Å². The van der Waals surface area contributed by atoms with E-state index in [9.17, 15) is 19.8 Å². The first kappa shape index (κ1) is 78.3. The van der Waals surface area contributed by atoms with E-state index in [1.807, 2.05) is 0 Å². The van der Waals surface area contributed by atoms with Crippen LogP contribution in [-0.2, 0) is 14.3 Å². The van der Waals surface area contributed by atoms with E-state index in [0.29, 0.717) is 25.9 Å². The number of carbonyl (C=O) groups is 2. The predicted octanol–water partition coefficient (Wildman–Crippen LogP) is 23.7. The number of hydrogen-bond acceptors (Lipinski definition) is 5.